The minimum atomic E-state index is -0.188. The summed E-state index contributed by atoms with van der Waals surface area (Å²) in [6.07, 6.45) is 7.45. The average Bonchev–Trinajstić information content (AvgIpc) is 3.55. The van der Waals surface area contributed by atoms with Crippen LogP contribution in [0.4, 0.5) is 5.82 Å². The molecule has 11 heteroatoms. The molecule has 9 rings (SSSR count). The molecule has 6 aliphatic rings. The Hall–Kier alpha value is -2.66. The molecule has 10 nitrogen and oxygen atoms in total. The Bertz CT molecular complexity index is 1590. The zero-order valence-electron chi connectivity index (χ0n) is 24.4. The smallest absolute Gasteiger partial charge is 0.254 e. The number of anilines is 1. The monoisotopic (exact) mass is 591 g/mol. The maximum atomic E-state index is 12.5. The number of aromatic amines is 1. The Kier molecular flexibility index (Phi) is 5.49. The molecule has 2 saturated carbocycles. The number of likely N-dealkylation sites (tertiary alicyclic amines) is 1. The number of benzene rings is 1. The molecule has 1 N–H and O–H groups in total. The van der Waals surface area contributed by atoms with Gasteiger partial charge in [-0.25, -0.2) is 0 Å². The fraction of sp³-hybridized carbons (Fsp3) is 0.645. The van der Waals surface area contributed by atoms with Crippen molar-refractivity contribution >= 4 is 34.2 Å². The summed E-state index contributed by atoms with van der Waals surface area (Å²) >= 11 is 7.18. The first-order chi connectivity index (χ1) is 20.3. The van der Waals surface area contributed by atoms with E-state index in [9.17, 15) is 4.79 Å². The lowest BCUT2D eigenvalue weighted by Crippen LogP contribution is -2.69. The van der Waals surface area contributed by atoms with Crippen LogP contribution in [0.15, 0.2) is 12.3 Å². The number of ether oxygens (including phenoxy) is 2. The number of rotatable bonds is 5. The third kappa shape index (κ3) is 3.64. The quantitative estimate of drug-likeness (QED) is 0.452. The van der Waals surface area contributed by atoms with Crippen LogP contribution in [0.25, 0.3) is 22.0 Å². The van der Waals surface area contributed by atoms with Crippen LogP contribution in [0.5, 0.6) is 0 Å². The third-order valence-corrected chi connectivity index (χ3v) is 11.7. The normalized spacial score (nSPS) is 26.8. The molecule has 2 aliphatic carbocycles. The molecule has 0 bridgehead atoms. The van der Waals surface area contributed by atoms with Crippen LogP contribution in [0.3, 0.4) is 0 Å². The first-order valence-corrected chi connectivity index (χ1v) is 15.9. The van der Waals surface area contributed by atoms with Gasteiger partial charge in [0.2, 0.25) is 0 Å². The minimum absolute atomic E-state index is 0.0978. The van der Waals surface area contributed by atoms with Gasteiger partial charge in [0.15, 0.2) is 11.9 Å². The summed E-state index contributed by atoms with van der Waals surface area (Å²) in [4.78, 5) is 19.8. The van der Waals surface area contributed by atoms with Crippen LogP contribution in [0.1, 0.15) is 49.4 Å². The first kappa shape index (κ1) is 25.8. The van der Waals surface area contributed by atoms with Crippen molar-refractivity contribution in [3.8, 4) is 11.1 Å². The summed E-state index contributed by atoms with van der Waals surface area (Å²) < 4.78 is 13.1. The Balaban J connectivity index is 1.10. The van der Waals surface area contributed by atoms with Gasteiger partial charge in [-0.2, -0.15) is 10.2 Å². The molecule has 2 spiro atoms. The predicted octanol–water partition coefficient (Wildman–Crippen LogP) is 3.70. The number of hydrogen-bond acceptors (Lipinski definition) is 7. The summed E-state index contributed by atoms with van der Waals surface area (Å²) in [5, 5.41) is 14.9. The van der Waals surface area contributed by atoms with Gasteiger partial charge in [-0.05, 0) is 57.6 Å². The Morgan fingerprint density at radius 2 is 1.86 bits per heavy atom. The number of halogens is 1. The molecule has 6 fully saturated rings. The molecule has 1 amide bonds. The van der Waals surface area contributed by atoms with Crippen molar-refractivity contribution < 1.29 is 14.3 Å². The van der Waals surface area contributed by atoms with E-state index in [2.05, 4.69) is 44.6 Å². The van der Waals surface area contributed by atoms with Gasteiger partial charge in [-0.3, -0.25) is 19.5 Å². The fourth-order valence-electron chi connectivity index (χ4n) is 8.57. The van der Waals surface area contributed by atoms with Crippen molar-refractivity contribution in [1.29, 1.82) is 0 Å². The summed E-state index contributed by atoms with van der Waals surface area (Å²) in [6, 6.07) is 2.96. The van der Waals surface area contributed by atoms with Gasteiger partial charge in [0.25, 0.3) is 5.91 Å². The third-order valence-electron chi connectivity index (χ3n) is 11.3. The lowest BCUT2D eigenvalue weighted by molar-refractivity contribution is -0.155. The fourth-order valence-corrected chi connectivity index (χ4v) is 8.82. The molecule has 1 aromatic carbocycles. The molecule has 4 aliphatic heterocycles. The number of nitrogens with zero attached hydrogens (tertiary/aromatic N) is 6. The van der Waals surface area contributed by atoms with E-state index in [4.69, 9.17) is 26.2 Å². The number of fused-ring (bicyclic) bond motifs is 1. The van der Waals surface area contributed by atoms with Gasteiger partial charge in [0, 0.05) is 60.3 Å². The molecule has 0 unspecified atom stereocenters. The van der Waals surface area contributed by atoms with E-state index in [1.54, 1.807) is 0 Å². The van der Waals surface area contributed by atoms with Gasteiger partial charge >= 0.3 is 0 Å². The van der Waals surface area contributed by atoms with Crippen molar-refractivity contribution in [3.05, 3.63) is 28.5 Å². The van der Waals surface area contributed by atoms with Crippen molar-refractivity contribution in [3.63, 3.8) is 0 Å². The minimum Gasteiger partial charge on any atom is -0.378 e. The molecular weight excluding hydrogens is 554 g/mol. The molecule has 222 valence electrons. The second-order valence-corrected chi connectivity index (χ2v) is 14.3. The van der Waals surface area contributed by atoms with E-state index in [1.807, 2.05) is 11.1 Å². The number of H-pyrrole nitrogens is 1. The van der Waals surface area contributed by atoms with Crippen LogP contribution < -0.4 is 4.90 Å². The van der Waals surface area contributed by atoms with Gasteiger partial charge < -0.3 is 19.3 Å². The predicted molar refractivity (Wildman–Crippen MR) is 159 cm³/mol. The van der Waals surface area contributed by atoms with Gasteiger partial charge in [0.1, 0.15) is 0 Å². The molecule has 42 heavy (non-hydrogen) atoms. The van der Waals surface area contributed by atoms with E-state index in [1.165, 1.54) is 25.0 Å². The lowest BCUT2D eigenvalue weighted by atomic mass is 9.60. The number of aromatic nitrogens is 4. The standard InChI is InChI=1S/C31H38ClN7O3/c1-18-8-23-22(11-33-34-23)26(27(18)32)25-19(2)39(20-9-30(10-20)15-37(16-30)29(40)24-14-42-24)35-28(25)38-7-6-36(21-12-41-13-21)17-31(38)4-3-5-31/h8,11,20-21,24H,3-7,9-10,12-17H2,1-2H3,(H,33,34)/t24-/m0/s1. The van der Waals surface area contributed by atoms with E-state index in [0.29, 0.717) is 18.7 Å². The number of hydrogen-bond donors (Lipinski definition) is 1. The van der Waals surface area contributed by atoms with Crippen molar-refractivity contribution in [1.82, 2.24) is 29.8 Å². The second kappa shape index (κ2) is 8.94. The molecule has 6 heterocycles. The summed E-state index contributed by atoms with van der Waals surface area (Å²) in [5.41, 5.74) is 5.72. The van der Waals surface area contributed by atoms with Crippen molar-refractivity contribution in [2.24, 2.45) is 5.41 Å². The highest BCUT2D eigenvalue weighted by Crippen LogP contribution is 2.56. The molecule has 2 aromatic heterocycles. The number of aryl methyl sites for hydroxylation is 1. The second-order valence-electron chi connectivity index (χ2n) is 13.9. The van der Waals surface area contributed by atoms with Crippen LogP contribution >= 0.6 is 11.6 Å². The molecule has 1 atom stereocenters. The van der Waals surface area contributed by atoms with E-state index >= 15 is 0 Å². The Morgan fingerprint density at radius 3 is 2.52 bits per heavy atom. The van der Waals surface area contributed by atoms with Crippen LogP contribution in [-0.4, -0.2) is 106 Å². The SMILES string of the molecule is Cc1cc2[nH]ncc2c(-c2c(N3CCN(C4COC4)CC34CCC4)nn(C3CC4(C3)CN(C(=O)[C@@H]3CO3)C4)c2C)c1Cl. The highest BCUT2D eigenvalue weighted by atomic mass is 35.5. The number of piperazine rings is 1. The summed E-state index contributed by atoms with van der Waals surface area (Å²) in [6.45, 7) is 11.3. The zero-order valence-corrected chi connectivity index (χ0v) is 25.1. The number of carbonyl (C=O) groups excluding carboxylic acids is 1. The van der Waals surface area contributed by atoms with Crippen molar-refractivity contribution in [2.45, 2.75) is 69.7 Å². The molecule has 4 saturated heterocycles. The van der Waals surface area contributed by atoms with Crippen LogP contribution in [0, 0.1) is 19.3 Å². The number of nitrogens with one attached hydrogen (secondary N) is 1. The van der Waals surface area contributed by atoms with Crippen LogP contribution in [0.2, 0.25) is 5.02 Å². The van der Waals surface area contributed by atoms with Crippen LogP contribution in [-0.2, 0) is 14.3 Å². The maximum absolute atomic E-state index is 12.5. The van der Waals surface area contributed by atoms with E-state index in [0.717, 1.165) is 97.2 Å². The summed E-state index contributed by atoms with van der Waals surface area (Å²) in [7, 11) is 0. The van der Waals surface area contributed by atoms with E-state index < -0.39 is 0 Å². The van der Waals surface area contributed by atoms with Crippen molar-refractivity contribution in [2.75, 3.05) is 57.4 Å². The molecule has 0 radical (unpaired) electrons. The van der Waals surface area contributed by atoms with Gasteiger partial charge in [-0.15, -0.1) is 0 Å². The number of epoxide rings is 1. The van der Waals surface area contributed by atoms with Gasteiger partial charge in [0.05, 0.1) is 54.2 Å². The molecule has 3 aromatic rings. The average molecular weight is 592 g/mol. The zero-order chi connectivity index (χ0) is 28.4. The Morgan fingerprint density at radius 1 is 1.07 bits per heavy atom. The Labute approximate surface area is 250 Å². The lowest BCUT2D eigenvalue weighted by Gasteiger charge is -2.59. The highest BCUT2D eigenvalue weighted by molar-refractivity contribution is 6.36. The first-order valence-electron chi connectivity index (χ1n) is 15.6. The largest absolute Gasteiger partial charge is 0.378 e. The number of amides is 1. The van der Waals surface area contributed by atoms with E-state index in [-0.39, 0.29) is 23.0 Å². The topological polar surface area (TPSA) is 95.1 Å². The number of carbonyl (C=O) groups is 1. The maximum Gasteiger partial charge on any atom is 0.254 e. The summed E-state index contributed by atoms with van der Waals surface area (Å²) in [5.74, 6) is 1.24. The highest BCUT2D eigenvalue weighted by Gasteiger charge is 2.57. The van der Waals surface area contributed by atoms with Gasteiger partial charge in [-0.1, -0.05) is 11.6 Å². The molecular formula is C31H38ClN7O3.